The van der Waals surface area contributed by atoms with Gasteiger partial charge in [-0.3, -0.25) is 4.79 Å². The molecule has 0 aliphatic carbocycles. The predicted octanol–water partition coefficient (Wildman–Crippen LogP) is 3.60. The van der Waals surface area contributed by atoms with E-state index >= 15 is 0 Å². The maximum absolute atomic E-state index is 12.0. The molecule has 4 nitrogen and oxygen atoms in total. The number of nitrogens with one attached hydrogen (secondary N) is 1. The number of carbonyl (C=O) groups is 1. The maximum Gasteiger partial charge on any atom is 0.248 e. The molecule has 0 spiro atoms. The molecule has 2 aromatic heterocycles. The van der Waals surface area contributed by atoms with Crippen LogP contribution in [0.1, 0.15) is 16.8 Å². The van der Waals surface area contributed by atoms with Crippen molar-refractivity contribution in [3.8, 4) is 0 Å². The van der Waals surface area contributed by atoms with Gasteiger partial charge in [0.1, 0.15) is 5.65 Å². The molecule has 3 rings (SSSR count). The number of aromatic nitrogens is 2. The fourth-order valence-corrected chi connectivity index (χ4v) is 2.23. The molecule has 0 aliphatic heterocycles. The predicted molar refractivity (Wildman–Crippen MR) is 88.8 cm³/mol. The third kappa shape index (κ3) is 3.23. The van der Waals surface area contributed by atoms with Crippen LogP contribution in [0.3, 0.4) is 0 Å². The number of hydrogen-bond donors (Lipinski definition) is 1. The Morgan fingerprint density at radius 2 is 1.86 bits per heavy atom. The first-order valence-electron chi connectivity index (χ1n) is 7.11. The van der Waals surface area contributed by atoms with Gasteiger partial charge in [-0.05, 0) is 37.6 Å². The largest absolute Gasteiger partial charge is 0.321 e. The lowest BCUT2D eigenvalue weighted by atomic mass is 10.1. The molecule has 4 heteroatoms. The second kappa shape index (κ2) is 5.85. The van der Waals surface area contributed by atoms with Crippen LogP contribution in [0, 0.1) is 13.8 Å². The Balaban J connectivity index is 1.70. The van der Waals surface area contributed by atoms with Crippen molar-refractivity contribution in [1.29, 1.82) is 0 Å². The number of hydrogen-bond acceptors (Lipinski definition) is 2. The van der Waals surface area contributed by atoms with Gasteiger partial charge >= 0.3 is 0 Å². The molecule has 110 valence electrons. The summed E-state index contributed by atoms with van der Waals surface area (Å²) in [7, 11) is 0. The molecule has 1 N–H and O–H groups in total. The van der Waals surface area contributed by atoms with Crippen molar-refractivity contribution in [2.45, 2.75) is 13.8 Å². The number of nitrogens with zero attached hydrogens (tertiary/aromatic N) is 2. The molecule has 22 heavy (non-hydrogen) atoms. The van der Waals surface area contributed by atoms with Crippen LogP contribution in [0.2, 0.25) is 0 Å². The molecule has 0 radical (unpaired) electrons. The van der Waals surface area contributed by atoms with E-state index < -0.39 is 0 Å². The van der Waals surface area contributed by atoms with Crippen LogP contribution in [0.25, 0.3) is 11.7 Å². The second-order valence-corrected chi connectivity index (χ2v) is 5.30. The molecule has 1 aromatic carbocycles. The standard InChI is InChI=1S/C18H17N3O/c1-13-3-5-15(6-4-13)7-10-18(22)20-16-8-9-17-19-14(2)11-21(17)12-16/h3-12H,1-2H3,(H,20,22)/b10-7+. The van der Waals surface area contributed by atoms with E-state index in [4.69, 9.17) is 0 Å². The summed E-state index contributed by atoms with van der Waals surface area (Å²) in [6.45, 7) is 3.98. The monoisotopic (exact) mass is 291 g/mol. The third-order valence-corrected chi connectivity index (χ3v) is 3.34. The van der Waals surface area contributed by atoms with Crippen LogP contribution in [-0.2, 0) is 4.79 Å². The van der Waals surface area contributed by atoms with Crippen molar-refractivity contribution in [3.63, 3.8) is 0 Å². The van der Waals surface area contributed by atoms with Gasteiger partial charge in [0.25, 0.3) is 0 Å². The number of rotatable bonds is 3. The van der Waals surface area contributed by atoms with Crippen molar-refractivity contribution in [1.82, 2.24) is 9.38 Å². The van der Waals surface area contributed by atoms with Crippen molar-refractivity contribution in [2.24, 2.45) is 0 Å². The van der Waals surface area contributed by atoms with Gasteiger partial charge in [-0.25, -0.2) is 4.98 Å². The zero-order valence-electron chi connectivity index (χ0n) is 12.6. The maximum atomic E-state index is 12.0. The summed E-state index contributed by atoms with van der Waals surface area (Å²) in [4.78, 5) is 16.3. The molecular formula is C18H17N3O. The SMILES string of the molecule is Cc1ccc(/C=C/C(=O)Nc2ccc3nc(C)cn3c2)cc1. The second-order valence-electron chi connectivity index (χ2n) is 5.30. The highest BCUT2D eigenvalue weighted by molar-refractivity contribution is 6.01. The van der Waals surface area contributed by atoms with Gasteiger partial charge in [-0.15, -0.1) is 0 Å². The summed E-state index contributed by atoms with van der Waals surface area (Å²) >= 11 is 0. The lowest BCUT2D eigenvalue weighted by molar-refractivity contribution is -0.111. The number of anilines is 1. The summed E-state index contributed by atoms with van der Waals surface area (Å²) in [5, 5.41) is 2.85. The Morgan fingerprint density at radius 3 is 2.64 bits per heavy atom. The normalized spacial score (nSPS) is 11.2. The lowest BCUT2D eigenvalue weighted by Crippen LogP contribution is -2.08. The van der Waals surface area contributed by atoms with Crippen LogP contribution in [0.4, 0.5) is 5.69 Å². The van der Waals surface area contributed by atoms with Gasteiger partial charge in [0.2, 0.25) is 5.91 Å². The fraction of sp³-hybridized carbons (Fsp3) is 0.111. The van der Waals surface area contributed by atoms with Gasteiger partial charge in [0, 0.05) is 18.5 Å². The van der Waals surface area contributed by atoms with Gasteiger partial charge in [0.05, 0.1) is 11.4 Å². The van der Waals surface area contributed by atoms with E-state index in [0.29, 0.717) is 0 Å². The van der Waals surface area contributed by atoms with Crippen molar-refractivity contribution in [3.05, 3.63) is 71.7 Å². The minimum absolute atomic E-state index is 0.156. The van der Waals surface area contributed by atoms with Gasteiger partial charge in [0.15, 0.2) is 0 Å². The van der Waals surface area contributed by atoms with Crippen LogP contribution in [0.5, 0.6) is 0 Å². The highest BCUT2D eigenvalue weighted by Crippen LogP contribution is 2.12. The Bertz CT molecular complexity index is 844. The van der Waals surface area contributed by atoms with Crippen molar-refractivity contribution >= 4 is 23.3 Å². The zero-order chi connectivity index (χ0) is 15.5. The number of imidazole rings is 1. The van der Waals surface area contributed by atoms with Crippen LogP contribution in [0.15, 0.2) is 54.9 Å². The smallest absolute Gasteiger partial charge is 0.248 e. The highest BCUT2D eigenvalue weighted by atomic mass is 16.1. The Labute approximate surface area is 129 Å². The summed E-state index contributed by atoms with van der Waals surface area (Å²) < 4.78 is 1.90. The van der Waals surface area contributed by atoms with Crippen molar-refractivity contribution < 1.29 is 4.79 Å². The zero-order valence-corrected chi connectivity index (χ0v) is 12.6. The third-order valence-electron chi connectivity index (χ3n) is 3.34. The summed E-state index contributed by atoms with van der Waals surface area (Å²) in [5.74, 6) is -0.156. The number of benzene rings is 1. The topological polar surface area (TPSA) is 46.4 Å². The van der Waals surface area contributed by atoms with E-state index in [-0.39, 0.29) is 5.91 Å². The first-order chi connectivity index (χ1) is 10.6. The fourth-order valence-electron chi connectivity index (χ4n) is 2.23. The Hall–Kier alpha value is -2.88. The van der Waals surface area contributed by atoms with Crippen LogP contribution >= 0.6 is 0 Å². The van der Waals surface area contributed by atoms with Crippen LogP contribution in [-0.4, -0.2) is 15.3 Å². The first-order valence-corrected chi connectivity index (χ1v) is 7.11. The summed E-state index contributed by atoms with van der Waals surface area (Å²) in [5.41, 5.74) is 4.75. The highest BCUT2D eigenvalue weighted by Gasteiger charge is 2.01. The molecule has 2 heterocycles. The summed E-state index contributed by atoms with van der Waals surface area (Å²) in [6.07, 6.45) is 7.11. The molecule has 1 amide bonds. The van der Waals surface area contributed by atoms with E-state index in [1.807, 2.05) is 67.0 Å². The number of fused-ring (bicyclic) bond motifs is 1. The molecular weight excluding hydrogens is 274 g/mol. The van der Waals surface area contributed by atoms with Crippen LogP contribution < -0.4 is 5.32 Å². The molecule has 0 saturated heterocycles. The molecule has 0 saturated carbocycles. The average molecular weight is 291 g/mol. The summed E-state index contributed by atoms with van der Waals surface area (Å²) in [6, 6.07) is 11.7. The molecule has 3 aromatic rings. The Kier molecular flexibility index (Phi) is 3.74. The van der Waals surface area contributed by atoms with E-state index in [9.17, 15) is 4.79 Å². The van der Waals surface area contributed by atoms with E-state index in [0.717, 1.165) is 22.6 Å². The molecule has 0 atom stereocenters. The minimum atomic E-state index is -0.156. The van der Waals surface area contributed by atoms with Gasteiger partial charge < -0.3 is 9.72 Å². The molecule has 0 unspecified atom stereocenters. The average Bonchev–Trinajstić information content (AvgIpc) is 2.86. The van der Waals surface area contributed by atoms with E-state index in [2.05, 4.69) is 10.3 Å². The van der Waals surface area contributed by atoms with Crippen molar-refractivity contribution in [2.75, 3.05) is 5.32 Å². The quantitative estimate of drug-likeness (QED) is 0.749. The number of amides is 1. The number of carbonyl (C=O) groups excluding carboxylic acids is 1. The lowest BCUT2D eigenvalue weighted by Gasteiger charge is -2.03. The minimum Gasteiger partial charge on any atom is -0.321 e. The first kappa shape index (κ1) is 14.1. The van der Waals surface area contributed by atoms with Gasteiger partial charge in [-0.2, -0.15) is 0 Å². The van der Waals surface area contributed by atoms with E-state index in [1.54, 1.807) is 6.08 Å². The molecule has 0 bridgehead atoms. The van der Waals surface area contributed by atoms with E-state index in [1.165, 1.54) is 11.6 Å². The number of aryl methyl sites for hydroxylation is 2. The Morgan fingerprint density at radius 1 is 1.09 bits per heavy atom. The molecule has 0 aliphatic rings. The molecule has 0 fully saturated rings. The number of pyridine rings is 1. The van der Waals surface area contributed by atoms with Gasteiger partial charge in [-0.1, -0.05) is 29.8 Å².